The number of benzene rings is 2. The first-order chi connectivity index (χ1) is 15.9. The van der Waals surface area contributed by atoms with Crippen molar-refractivity contribution in [3.05, 3.63) is 71.5 Å². The summed E-state index contributed by atoms with van der Waals surface area (Å²) in [6.07, 6.45) is 4.63. The van der Waals surface area contributed by atoms with Crippen LogP contribution in [0.3, 0.4) is 0 Å². The van der Waals surface area contributed by atoms with Crippen LogP contribution >= 0.6 is 0 Å². The number of carbonyl (C=O) groups is 2. The van der Waals surface area contributed by atoms with E-state index in [1.807, 2.05) is 24.3 Å². The lowest BCUT2D eigenvalue weighted by atomic mass is 9.90. The van der Waals surface area contributed by atoms with Gasteiger partial charge in [-0.2, -0.15) is 10.5 Å². The number of nitrogens with one attached hydrogen (secondary N) is 1. The number of ether oxygens (including phenoxy) is 1. The standard InChI is InChI=1S/C25H23N5O3/c26-13-17-1-4-19(5-2-17)23(31)30-15-20-6-3-18(11-21(20)16-30)12-22(14-27)29-24(32)25(28)7-9-33-10-8-25/h1-6,11,15-16,22H,7-10,12,28H2,(H,29,32)/t22-/m0/s1. The number of aromatic nitrogens is 1. The highest BCUT2D eigenvalue weighted by Crippen LogP contribution is 2.21. The molecule has 3 N–H and O–H groups in total. The number of rotatable bonds is 5. The molecule has 1 aromatic heterocycles. The molecule has 1 fully saturated rings. The zero-order valence-electron chi connectivity index (χ0n) is 18.0. The molecular weight excluding hydrogens is 418 g/mol. The summed E-state index contributed by atoms with van der Waals surface area (Å²) in [6.45, 7) is 0.853. The maximum Gasteiger partial charge on any atom is 0.261 e. The van der Waals surface area contributed by atoms with Crippen LogP contribution in [0.15, 0.2) is 54.9 Å². The second-order valence-electron chi connectivity index (χ2n) is 8.25. The van der Waals surface area contributed by atoms with Crippen molar-refractivity contribution >= 4 is 22.6 Å². The summed E-state index contributed by atoms with van der Waals surface area (Å²) in [4.78, 5) is 25.4. The first-order valence-corrected chi connectivity index (χ1v) is 10.6. The predicted molar refractivity (Wildman–Crippen MR) is 121 cm³/mol. The summed E-state index contributed by atoms with van der Waals surface area (Å²) >= 11 is 0. The van der Waals surface area contributed by atoms with Gasteiger partial charge in [-0.1, -0.05) is 12.1 Å². The summed E-state index contributed by atoms with van der Waals surface area (Å²) in [5.41, 5.74) is 7.03. The van der Waals surface area contributed by atoms with Gasteiger partial charge in [-0.05, 0) is 54.1 Å². The Morgan fingerprint density at radius 2 is 1.79 bits per heavy atom. The Balaban J connectivity index is 1.48. The van der Waals surface area contributed by atoms with E-state index in [1.54, 1.807) is 36.7 Å². The first-order valence-electron chi connectivity index (χ1n) is 10.6. The van der Waals surface area contributed by atoms with Crippen molar-refractivity contribution < 1.29 is 14.3 Å². The molecule has 8 heteroatoms. The minimum absolute atomic E-state index is 0.205. The van der Waals surface area contributed by atoms with E-state index in [2.05, 4.69) is 11.4 Å². The van der Waals surface area contributed by atoms with Crippen molar-refractivity contribution in [1.82, 2.24) is 9.88 Å². The number of nitrogens with zero attached hydrogens (tertiary/aromatic N) is 3. The van der Waals surface area contributed by atoms with E-state index in [9.17, 15) is 14.9 Å². The van der Waals surface area contributed by atoms with Crippen molar-refractivity contribution in [3.63, 3.8) is 0 Å². The molecule has 2 heterocycles. The summed E-state index contributed by atoms with van der Waals surface area (Å²) < 4.78 is 6.78. The zero-order chi connectivity index (χ0) is 23.4. The SMILES string of the molecule is N#Cc1ccc(C(=O)n2cc3ccc(C[C@@H](C#N)NC(=O)C4(N)CCOCC4)cc3c2)cc1. The Bertz CT molecular complexity index is 1270. The van der Waals surface area contributed by atoms with Gasteiger partial charge in [0.25, 0.3) is 5.91 Å². The Hall–Kier alpha value is -3.98. The van der Waals surface area contributed by atoms with Gasteiger partial charge in [-0.25, -0.2) is 0 Å². The van der Waals surface area contributed by atoms with Crippen LogP contribution in [0.1, 0.15) is 34.3 Å². The van der Waals surface area contributed by atoms with Gasteiger partial charge in [0.15, 0.2) is 0 Å². The quantitative estimate of drug-likeness (QED) is 0.624. The Kier molecular flexibility index (Phi) is 6.23. The van der Waals surface area contributed by atoms with Gasteiger partial charge in [-0.15, -0.1) is 0 Å². The third-order valence-corrected chi connectivity index (χ3v) is 5.94. The van der Waals surface area contributed by atoms with Crippen LogP contribution in [0, 0.1) is 22.7 Å². The molecule has 33 heavy (non-hydrogen) atoms. The van der Waals surface area contributed by atoms with Crippen LogP contribution in [-0.2, 0) is 16.0 Å². The van der Waals surface area contributed by atoms with Crippen molar-refractivity contribution in [1.29, 1.82) is 10.5 Å². The van der Waals surface area contributed by atoms with Crippen LogP contribution < -0.4 is 11.1 Å². The van der Waals surface area contributed by atoms with E-state index in [4.69, 9.17) is 15.7 Å². The van der Waals surface area contributed by atoms with Crippen molar-refractivity contribution in [3.8, 4) is 12.1 Å². The molecule has 0 spiro atoms. The highest BCUT2D eigenvalue weighted by molar-refractivity contribution is 5.99. The maximum atomic E-state index is 12.8. The fourth-order valence-corrected chi connectivity index (χ4v) is 3.90. The summed E-state index contributed by atoms with van der Waals surface area (Å²) in [5.74, 6) is -0.540. The predicted octanol–water partition coefficient (Wildman–Crippen LogP) is 2.26. The molecular formula is C25H23N5O3. The average Bonchev–Trinajstić information content (AvgIpc) is 3.27. The smallest absolute Gasteiger partial charge is 0.261 e. The number of carbonyl (C=O) groups excluding carboxylic acids is 2. The number of hydrogen-bond donors (Lipinski definition) is 2. The third-order valence-electron chi connectivity index (χ3n) is 5.94. The molecule has 1 aliphatic rings. The number of amides is 1. The molecule has 0 aliphatic carbocycles. The third kappa shape index (κ3) is 4.78. The number of hydrogen-bond acceptors (Lipinski definition) is 6. The molecule has 1 amide bonds. The van der Waals surface area contributed by atoms with Gasteiger partial charge >= 0.3 is 0 Å². The van der Waals surface area contributed by atoms with Gasteiger partial charge < -0.3 is 15.8 Å². The lowest BCUT2D eigenvalue weighted by Crippen LogP contribution is -2.58. The zero-order valence-corrected chi connectivity index (χ0v) is 18.0. The number of nitrogens with two attached hydrogens (primary N) is 1. The van der Waals surface area contributed by atoms with Crippen LogP contribution in [0.5, 0.6) is 0 Å². The van der Waals surface area contributed by atoms with Crippen molar-refractivity contribution in [2.24, 2.45) is 5.73 Å². The Morgan fingerprint density at radius 3 is 2.45 bits per heavy atom. The molecule has 4 rings (SSSR count). The fraction of sp³-hybridized carbons (Fsp3) is 0.280. The van der Waals surface area contributed by atoms with Gasteiger partial charge in [0.2, 0.25) is 5.91 Å². The van der Waals surface area contributed by atoms with Crippen molar-refractivity contribution in [2.45, 2.75) is 30.8 Å². The number of fused-ring (bicyclic) bond motifs is 1. The minimum Gasteiger partial charge on any atom is -0.381 e. The van der Waals surface area contributed by atoms with Crippen LogP contribution in [0.2, 0.25) is 0 Å². The molecule has 2 aromatic carbocycles. The molecule has 3 aromatic rings. The van der Waals surface area contributed by atoms with E-state index in [0.717, 1.165) is 16.3 Å². The number of nitriles is 2. The normalized spacial score (nSPS) is 15.8. The van der Waals surface area contributed by atoms with Gasteiger partial charge in [-0.3, -0.25) is 14.2 Å². The topological polar surface area (TPSA) is 134 Å². The van der Waals surface area contributed by atoms with E-state index >= 15 is 0 Å². The average molecular weight is 441 g/mol. The lowest BCUT2D eigenvalue weighted by Gasteiger charge is -2.32. The molecule has 8 nitrogen and oxygen atoms in total. The van der Waals surface area contributed by atoms with E-state index in [-0.39, 0.29) is 11.8 Å². The summed E-state index contributed by atoms with van der Waals surface area (Å²) in [7, 11) is 0. The molecule has 0 bridgehead atoms. The molecule has 166 valence electrons. The second-order valence-corrected chi connectivity index (χ2v) is 8.25. The fourth-order valence-electron chi connectivity index (χ4n) is 3.90. The summed E-state index contributed by atoms with van der Waals surface area (Å²) in [6, 6.07) is 15.6. The van der Waals surface area contributed by atoms with Crippen LogP contribution in [0.4, 0.5) is 0 Å². The minimum atomic E-state index is -1.01. The van der Waals surface area contributed by atoms with E-state index < -0.39 is 11.6 Å². The van der Waals surface area contributed by atoms with Crippen molar-refractivity contribution in [2.75, 3.05) is 13.2 Å². The molecule has 1 saturated heterocycles. The molecule has 0 radical (unpaired) electrons. The Labute approximate surface area is 191 Å². The van der Waals surface area contributed by atoms with E-state index in [1.165, 1.54) is 4.57 Å². The van der Waals surface area contributed by atoms with Crippen LogP contribution in [0.25, 0.3) is 10.8 Å². The summed E-state index contributed by atoms with van der Waals surface area (Å²) in [5, 5.41) is 23.0. The van der Waals surface area contributed by atoms with Gasteiger partial charge in [0.05, 0.1) is 23.2 Å². The molecule has 0 saturated carbocycles. The first kappa shape index (κ1) is 22.2. The second kappa shape index (κ2) is 9.25. The maximum absolute atomic E-state index is 12.8. The van der Waals surface area contributed by atoms with E-state index in [0.29, 0.717) is 43.6 Å². The molecule has 1 aliphatic heterocycles. The Morgan fingerprint density at radius 1 is 1.09 bits per heavy atom. The van der Waals surface area contributed by atoms with Gasteiger partial charge in [0.1, 0.15) is 6.04 Å². The highest BCUT2D eigenvalue weighted by atomic mass is 16.5. The van der Waals surface area contributed by atoms with Gasteiger partial charge in [0, 0.05) is 43.0 Å². The largest absolute Gasteiger partial charge is 0.381 e. The molecule has 1 atom stereocenters. The molecule has 0 unspecified atom stereocenters. The highest BCUT2D eigenvalue weighted by Gasteiger charge is 2.36. The monoisotopic (exact) mass is 441 g/mol. The van der Waals surface area contributed by atoms with Crippen LogP contribution in [-0.4, -0.2) is 41.2 Å². The lowest BCUT2D eigenvalue weighted by molar-refractivity contribution is -0.130.